The molecule has 0 spiro atoms. The molecule has 0 aliphatic heterocycles. The minimum Gasteiger partial charge on any atom is -0.383 e. The van der Waals surface area contributed by atoms with Gasteiger partial charge >= 0.3 is 0 Å². The molecule has 0 saturated heterocycles. The van der Waals surface area contributed by atoms with Crippen LogP contribution in [0.15, 0.2) is 43.0 Å². The van der Waals surface area contributed by atoms with E-state index in [4.69, 9.17) is 4.74 Å². The molecule has 0 saturated carbocycles. The summed E-state index contributed by atoms with van der Waals surface area (Å²) < 4.78 is 9.36. The molecule has 0 fully saturated rings. The lowest BCUT2D eigenvalue weighted by atomic mass is 10.1. The highest BCUT2D eigenvalue weighted by molar-refractivity contribution is 5.27. The second-order valence-electron chi connectivity index (χ2n) is 6.74. The normalized spacial score (nSPS) is 11.4. The Morgan fingerprint density at radius 3 is 2.35 bits per heavy atom. The lowest BCUT2D eigenvalue weighted by Gasteiger charge is -2.22. The molecule has 2 heterocycles. The van der Waals surface area contributed by atoms with E-state index >= 15 is 0 Å². The first-order valence-electron chi connectivity index (χ1n) is 8.88. The second-order valence-corrected chi connectivity index (χ2v) is 6.74. The third kappa shape index (κ3) is 4.20. The number of aromatic nitrogens is 4. The smallest absolute Gasteiger partial charge is 0.139 e. The van der Waals surface area contributed by atoms with E-state index in [1.807, 2.05) is 4.68 Å². The predicted octanol–water partition coefficient (Wildman–Crippen LogP) is 2.96. The molecule has 0 unspecified atom stereocenters. The SMILES string of the molecule is COCCN(Cc1ccc(C)cc1)Cc1cc(C)n(-n2cnnc2)c1C. The average molecular weight is 353 g/mol. The van der Waals surface area contributed by atoms with Crippen molar-refractivity contribution in [2.24, 2.45) is 0 Å². The lowest BCUT2D eigenvalue weighted by Crippen LogP contribution is -2.27. The number of hydrogen-bond acceptors (Lipinski definition) is 4. The van der Waals surface area contributed by atoms with Crippen LogP contribution >= 0.6 is 0 Å². The third-order valence-electron chi connectivity index (χ3n) is 4.67. The van der Waals surface area contributed by atoms with Crippen molar-refractivity contribution < 1.29 is 4.74 Å². The molecule has 0 atom stereocenters. The number of hydrogen-bond donors (Lipinski definition) is 0. The van der Waals surface area contributed by atoms with Crippen molar-refractivity contribution in [3.63, 3.8) is 0 Å². The summed E-state index contributed by atoms with van der Waals surface area (Å²) in [6.45, 7) is 9.75. The molecular formula is C20H27N5O. The second kappa shape index (κ2) is 8.29. The maximum atomic E-state index is 5.32. The van der Waals surface area contributed by atoms with Gasteiger partial charge in [0.15, 0.2) is 0 Å². The first-order valence-corrected chi connectivity index (χ1v) is 8.88. The topological polar surface area (TPSA) is 48.1 Å². The zero-order valence-electron chi connectivity index (χ0n) is 16.0. The van der Waals surface area contributed by atoms with Gasteiger partial charge in [-0.25, -0.2) is 4.68 Å². The molecular weight excluding hydrogens is 326 g/mol. The van der Waals surface area contributed by atoms with Gasteiger partial charge in [0.05, 0.1) is 6.61 Å². The van der Waals surface area contributed by atoms with Crippen LogP contribution in [0, 0.1) is 20.8 Å². The van der Waals surface area contributed by atoms with E-state index in [-0.39, 0.29) is 0 Å². The van der Waals surface area contributed by atoms with Gasteiger partial charge in [-0.3, -0.25) is 9.58 Å². The van der Waals surface area contributed by atoms with Crippen molar-refractivity contribution in [1.29, 1.82) is 0 Å². The van der Waals surface area contributed by atoms with Gasteiger partial charge in [0.25, 0.3) is 0 Å². The van der Waals surface area contributed by atoms with E-state index in [9.17, 15) is 0 Å². The van der Waals surface area contributed by atoms with Crippen LogP contribution in [0.5, 0.6) is 0 Å². The van der Waals surface area contributed by atoms with Crippen LogP contribution in [0.25, 0.3) is 0 Å². The Bertz CT molecular complexity index is 821. The van der Waals surface area contributed by atoms with Crippen molar-refractivity contribution in [1.82, 2.24) is 24.4 Å². The molecule has 0 N–H and O–H groups in total. The van der Waals surface area contributed by atoms with Crippen LogP contribution in [-0.2, 0) is 17.8 Å². The Balaban J connectivity index is 1.80. The molecule has 26 heavy (non-hydrogen) atoms. The number of benzene rings is 1. The van der Waals surface area contributed by atoms with Crippen molar-refractivity contribution in [2.45, 2.75) is 33.9 Å². The van der Waals surface area contributed by atoms with Gasteiger partial charge in [-0.1, -0.05) is 29.8 Å². The maximum absolute atomic E-state index is 5.32. The van der Waals surface area contributed by atoms with Crippen LogP contribution in [-0.4, -0.2) is 44.7 Å². The fraction of sp³-hybridized carbons (Fsp3) is 0.400. The van der Waals surface area contributed by atoms with Gasteiger partial charge in [0.1, 0.15) is 12.7 Å². The van der Waals surface area contributed by atoms with Gasteiger partial charge in [-0.05, 0) is 38.0 Å². The molecule has 2 aromatic heterocycles. The first kappa shape index (κ1) is 18.4. The third-order valence-corrected chi connectivity index (χ3v) is 4.67. The summed E-state index contributed by atoms with van der Waals surface area (Å²) in [5.41, 5.74) is 6.28. The molecule has 0 bridgehead atoms. The molecule has 6 nitrogen and oxygen atoms in total. The number of rotatable bonds is 8. The van der Waals surface area contributed by atoms with E-state index < -0.39 is 0 Å². The van der Waals surface area contributed by atoms with E-state index in [2.05, 4.69) is 70.9 Å². The van der Waals surface area contributed by atoms with Crippen molar-refractivity contribution in [3.8, 4) is 0 Å². The van der Waals surface area contributed by atoms with E-state index in [0.717, 1.165) is 26.2 Å². The van der Waals surface area contributed by atoms with E-state index in [0.29, 0.717) is 0 Å². The van der Waals surface area contributed by atoms with Crippen LogP contribution in [0.2, 0.25) is 0 Å². The highest BCUT2D eigenvalue weighted by Gasteiger charge is 2.14. The molecule has 6 heteroatoms. The summed E-state index contributed by atoms with van der Waals surface area (Å²) in [6.07, 6.45) is 3.44. The summed E-state index contributed by atoms with van der Waals surface area (Å²) in [5.74, 6) is 0. The van der Waals surface area contributed by atoms with Crippen LogP contribution in [0.4, 0.5) is 0 Å². The number of nitrogens with zero attached hydrogens (tertiary/aromatic N) is 5. The minimum absolute atomic E-state index is 0.718. The summed E-state index contributed by atoms with van der Waals surface area (Å²) in [4.78, 5) is 2.42. The van der Waals surface area contributed by atoms with E-state index in [1.54, 1.807) is 19.8 Å². The summed E-state index contributed by atoms with van der Waals surface area (Å²) in [6, 6.07) is 11.0. The molecule has 0 amide bonds. The van der Waals surface area contributed by atoms with Gasteiger partial charge in [0, 0.05) is 38.1 Å². The molecule has 3 aromatic rings. The number of ether oxygens (including phenoxy) is 1. The number of aryl methyl sites for hydroxylation is 2. The summed E-state index contributed by atoms with van der Waals surface area (Å²) >= 11 is 0. The molecule has 0 aliphatic carbocycles. The maximum Gasteiger partial charge on any atom is 0.139 e. The zero-order valence-corrected chi connectivity index (χ0v) is 16.0. The van der Waals surface area contributed by atoms with Gasteiger partial charge < -0.3 is 4.74 Å². The summed E-state index contributed by atoms with van der Waals surface area (Å²) in [7, 11) is 1.75. The molecule has 0 aliphatic rings. The fourth-order valence-electron chi connectivity index (χ4n) is 3.26. The van der Waals surface area contributed by atoms with Crippen molar-refractivity contribution in [3.05, 3.63) is 71.1 Å². The Kier molecular flexibility index (Phi) is 5.85. The Hall–Kier alpha value is -2.44. The highest BCUT2D eigenvalue weighted by Crippen LogP contribution is 2.18. The predicted molar refractivity (Wildman–Crippen MR) is 102 cm³/mol. The standard InChI is InChI=1S/C20H27N5O/c1-16-5-7-19(8-6-16)12-23(9-10-26-4)13-20-11-17(2)25(18(20)3)24-14-21-22-15-24/h5-8,11,14-15H,9-10,12-13H2,1-4H3. The molecule has 3 rings (SSSR count). The largest absolute Gasteiger partial charge is 0.383 e. The van der Waals surface area contributed by atoms with Gasteiger partial charge in [-0.2, -0.15) is 0 Å². The fourth-order valence-corrected chi connectivity index (χ4v) is 3.26. The van der Waals surface area contributed by atoms with Crippen LogP contribution in [0.3, 0.4) is 0 Å². The minimum atomic E-state index is 0.718. The quantitative estimate of drug-likeness (QED) is 0.625. The molecule has 0 radical (unpaired) electrons. The number of methoxy groups -OCH3 is 1. The Labute approximate surface area is 155 Å². The summed E-state index contributed by atoms with van der Waals surface area (Å²) in [5, 5.41) is 7.84. The van der Waals surface area contributed by atoms with Crippen LogP contribution in [0.1, 0.15) is 28.1 Å². The lowest BCUT2D eigenvalue weighted by molar-refractivity contribution is 0.140. The zero-order chi connectivity index (χ0) is 18.5. The monoisotopic (exact) mass is 353 g/mol. The van der Waals surface area contributed by atoms with Gasteiger partial charge in [0.2, 0.25) is 0 Å². The van der Waals surface area contributed by atoms with Crippen LogP contribution < -0.4 is 0 Å². The Morgan fingerprint density at radius 2 is 1.69 bits per heavy atom. The van der Waals surface area contributed by atoms with Gasteiger partial charge in [-0.15, -0.1) is 10.2 Å². The first-order chi connectivity index (χ1) is 12.6. The molecule has 138 valence electrons. The van der Waals surface area contributed by atoms with E-state index in [1.165, 1.54) is 28.1 Å². The average Bonchev–Trinajstić information content (AvgIpc) is 3.23. The Morgan fingerprint density at radius 1 is 1.00 bits per heavy atom. The van der Waals surface area contributed by atoms with Crippen molar-refractivity contribution >= 4 is 0 Å². The highest BCUT2D eigenvalue weighted by atomic mass is 16.5. The van der Waals surface area contributed by atoms with Crippen molar-refractivity contribution in [2.75, 3.05) is 20.3 Å². The molecule has 1 aromatic carbocycles.